The van der Waals surface area contributed by atoms with Crippen molar-refractivity contribution < 1.29 is 66.4 Å². The van der Waals surface area contributed by atoms with Gasteiger partial charge in [0.1, 0.15) is 0 Å². The van der Waals surface area contributed by atoms with Crippen molar-refractivity contribution in [3.63, 3.8) is 0 Å². The molecule has 0 rings (SSSR count). The molecule has 0 heterocycles. The Balaban J connectivity index is 0. The third-order valence-electron chi connectivity index (χ3n) is 3.16. The standard InChI is InChI=1S/C18H30O3.K/c1-2-3-4-8-11-14-17(19)15-12-9-6-5-7-10-13-16-18(20)21;/h8,11-12,14-15,19H,2-7,9-10,13,16H2,1H3,(H,20,21);/q;+1/p-1/b11-8+,15-12+,17-14-;. The van der Waals surface area contributed by atoms with Gasteiger partial charge in [-0.2, -0.15) is 0 Å². The fourth-order valence-corrected chi connectivity index (χ4v) is 1.90. The van der Waals surface area contributed by atoms with E-state index in [1.54, 1.807) is 12.2 Å². The van der Waals surface area contributed by atoms with Crippen molar-refractivity contribution in [3.8, 4) is 0 Å². The average molecular weight is 333 g/mol. The molecule has 1 N–H and O–H groups in total. The van der Waals surface area contributed by atoms with E-state index in [1.807, 2.05) is 18.2 Å². The van der Waals surface area contributed by atoms with Crippen LogP contribution < -0.4 is 56.5 Å². The molecule has 120 valence electrons. The molecule has 0 radical (unpaired) electrons. The van der Waals surface area contributed by atoms with E-state index in [9.17, 15) is 9.90 Å². The molecule has 0 saturated carbocycles. The van der Waals surface area contributed by atoms with Gasteiger partial charge in [0.05, 0.1) is 0 Å². The Morgan fingerprint density at radius 2 is 1.64 bits per heavy atom. The minimum atomic E-state index is -0.712. The van der Waals surface area contributed by atoms with Crippen molar-refractivity contribution in [2.75, 3.05) is 0 Å². The molecule has 0 unspecified atom stereocenters. The first-order valence-electron chi connectivity index (χ1n) is 8.09. The molecule has 22 heavy (non-hydrogen) atoms. The van der Waals surface area contributed by atoms with Gasteiger partial charge in [-0.3, -0.25) is 4.79 Å². The number of rotatable bonds is 13. The second-order valence-corrected chi connectivity index (χ2v) is 5.24. The summed E-state index contributed by atoms with van der Waals surface area (Å²) in [6.45, 7) is 2.15. The van der Waals surface area contributed by atoms with Gasteiger partial charge < -0.3 is 10.2 Å². The fraction of sp³-hybridized carbons (Fsp3) is 0.611. The van der Waals surface area contributed by atoms with Crippen molar-refractivity contribution in [3.05, 3.63) is 36.1 Å². The summed E-state index contributed by atoms with van der Waals surface area (Å²) in [5, 5.41) is 20.0. The Morgan fingerprint density at radius 3 is 2.32 bits per heavy atom. The zero-order valence-corrected chi connectivity index (χ0v) is 17.3. The minimum Gasteiger partial charge on any atom is -0.872 e. The van der Waals surface area contributed by atoms with Crippen LogP contribution in [0.5, 0.6) is 0 Å². The van der Waals surface area contributed by atoms with Crippen LogP contribution >= 0.6 is 0 Å². The minimum absolute atomic E-state index is 0. The maximum atomic E-state index is 11.5. The van der Waals surface area contributed by atoms with Crippen LogP contribution in [-0.4, -0.2) is 11.1 Å². The predicted octanol–water partition coefficient (Wildman–Crippen LogP) is 1.35. The van der Waals surface area contributed by atoms with Crippen LogP contribution in [0.25, 0.3) is 0 Å². The molecule has 0 aliphatic heterocycles. The van der Waals surface area contributed by atoms with Crippen LogP contribution in [-0.2, 0) is 4.79 Å². The van der Waals surface area contributed by atoms with Gasteiger partial charge in [0.2, 0.25) is 0 Å². The van der Waals surface area contributed by atoms with E-state index < -0.39 is 5.97 Å². The molecule has 0 saturated heterocycles. The normalized spacial score (nSPS) is 12.0. The Hall–Kier alpha value is 0.126. The zero-order chi connectivity index (χ0) is 15.8. The van der Waals surface area contributed by atoms with Gasteiger partial charge in [0, 0.05) is 6.42 Å². The summed E-state index contributed by atoms with van der Waals surface area (Å²) in [6.07, 6.45) is 18.6. The Bertz CT molecular complexity index is 346. The van der Waals surface area contributed by atoms with E-state index in [4.69, 9.17) is 5.11 Å². The zero-order valence-electron chi connectivity index (χ0n) is 14.2. The molecule has 4 heteroatoms. The van der Waals surface area contributed by atoms with Gasteiger partial charge in [-0.25, -0.2) is 0 Å². The van der Waals surface area contributed by atoms with E-state index in [1.165, 1.54) is 12.8 Å². The van der Waals surface area contributed by atoms with Gasteiger partial charge in [0.25, 0.3) is 0 Å². The largest absolute Gasteiger partial charge is 1.00 e. The molecule has 0 bridgehead atoms. The van der Waals surface area contributed by atoms with E-state index >= 15 is 0 Å². The van der Waals surface area contributed by atoms with E-state index in [-0.39, 0.29) is 63.6 Å². The van der Waals surface area contributed by atoms with Crippen molar-refractivity contribution in [1.82, 2.24) is 0 Å². The van der Waals surface area contributed by atoms with Crippen LogP contribution in [0.4, 0.5) is 0 Å². The number of hydrogen-bond acceptors (Lipinski definition) is 2. The predicted molar refractivity (Wildman–Crippen MR) is 85.8 cm³/mol. The number of unbranched alkanes of at least 4 members (excludes halogenated alkanes) is 7. The summed E-state index contributed by atoms with van der Waals surface area (Å²) in [6, 6.07) is 0. The van der Waals surface area contributed by atoms with E-state index in [2.05, 4.69) is 6.92 Å². The van der Waals surface area contributed by atoms with Gasteiger partial charge in [-0.15, -0.1) is 5.76 Å². The monoisotopic (exact) mass is 332 g/mol. The van der Waals surface area contributed by atoms with E-state index in [0.717, 1.165) is 44.9 Å². The number of carboxylic acids is 1. The summed E-state index contributed by atoms with van der Waals surface area (Å²) in [7, 11) is 0. The number of hydrogen-bond donors (Lipinski definition) is 1. The molecule has 3 nitrogen and oxygen atoms in total. The first-order chi connectivity index (χ1) is 10.2. The molecule has 0 aromatic rings. The van der Waals surface area contributed by atoms with Crippen LogP contribution in [0, 0.1) is 0 Å². The third kappa shape index (κ3) is 20.1. The van der Waals surface area contributed by atoms with Crippen LogP contribution in [0.2, 0.25) is 0 Å². The Labute approximate surface area is 178 Å². The van der Waals surface area contributed by atoms with Crippen LogP contribution in [0.1, 0.15) is 71.1 Å². The maximum Gasteiger partial charge on any atom is 1.00 e. The summed E-state index contributed by atoms with van der Waals surface area (Å²) in [4.78, 5) is 10.3. The SMILES string of the molecule is CCCC/C=C/C=C([O-])/C=C/CCCCCCCC(=O)O.[K+]. The number of carbonyl (C=O) groups is 1. The number of allylic oxidation sites excluding steroid dienone is 5. The van der Waals surface area contributed by atoms with Gasteiger partial charge >= 0.3 is 57.4 Å². The first-order valence-corrected chi connectivity index (χ1v) is 8.09. The van der Waals surface area contributed by atoms with Crippen LogP contribution in [0.3, 0.4) is 0 Å². The van der Waals surface area contributed by atoms with Crippen molar-refractivity contribution >= 4 is 5.97 Å². The molecular formula is C18H29KO3. The second kappa shape index (κ2) is 19.2. The maximum absolute atomic E-state index is 11.5. The summed E-state index contributed by atoms with van der Waals surface area (Å²) >= 11 is 0. The summed E-state index contributed by atoms with van der Waals surface area (Å²) in [5.41, 5.74) is 0. The van der Waals surface area contributed by atoms with Crippen LogP contribution in [0.15, 0.2) is 36.1 Å². The van der Waals surface area contributed by atoms with Gasteiger partial charge in [0.15, 0.2) is 0 Å². The molecule has 0 atom stereocenters. The smallest absolute Gasteiger partial charge is 0.872 e. The topological polar surface area (TPSA) is 60.4 Å². The van der Waals surface area contributed by atoms with Gasteiger partial charge in [-0.05, 0) is 25.7 Å². The molecule has 0 aromatic heterocycles. The molecule has 0 spiro atoms. The van der Waals surface area contributed by atoms with Crippen molar-refractivity contribution in [2.45, 2.75) is 71.1 Å². The molecule has 0 aliphatic rings. The first kappa shape index (κ1) is 24.4. The van der Waals surface area contributed by atoms with E-state index in [0.29, 0.717) is 0 Å². The number of aliphatic carboxylic acids is 1. The summed E-state index contributed by atoms with van der Waals surface area (Å²) < 4.78 is 0. The quantitative estimate of drug-likeness (QED) is 0.240. The number of carboxylic acid groups (broad SMARTS) is 1. The molecular weight excluding hydrogens is 303 g/mol. The Morgan fingerprint density at radius 1 is 1.00 bits per heavy atom. The third-order valence-corrected chi connectivity index (χ3v) is 3.16. The molecule has 0 amide bonds. The summed E-state index contributed by atoms with van der Waals surface area (Å²) in [5.74, 6) is -0.666. The molecule has 0 aromatic carbocycles. The fourth-order valence-electron chi connectivity index (χ4n) is 1.90. The van der Waals surface area contributed by atoms with Crippen molar-refractivity contribution in [1.29, 1.82) is 0 Å². The van der Waals surface area contributed by atoms with Crippen molar-refractivity contribution in [2.24, 2.45) is 0 Å². The Kier molecular flexibility index (Phi) is 21.2. The molecule has 0 aliphatic carbocycles. The second-order valence-electron chi connectivity index (χ2n) is 5.24. The van der Waals surface area contributed by atoms with Gasteiger partial charge in [-0.1, -0.05) is 69.4 Å². The average Bonchev–Trinajstić information content (AvgIpc) is 2.45. The molecule has 0 fully saturated rings.